The zero-order valence-electron chi connectivity index (χ0n) is 10.8. The number of hydrogen-bond donors (Lipinski definition) is 1. The first-order valence-electron chi connectivity index (χ1n) is 6.25. The number of carbonyl (C=O) groups is 1. The zero-order chi connectivity index (χ0) is 14.8. The third-order valence-electron chi connectivity index (χ3n) is 3.06. The molecule has 21 heavy (non-hydrogen) atoms. The number of aromatic nitrogens is 1. The predicted octanol–water partition coefficient (Wildman–Crippen LogP) is 4.39. The lowest BCUT2D eigenvalue weighted by Crippen LogP contribution is -2.14. The second-order valence-corrected chi connectivity index (χ2v) is 5.42. The maximum absolute atomic E-state index is 13.5. The van der Waals surface area contributed by atoms with E-state index in [1.807, 2.05) is 30.3 Å². The number of rotatable bonds is 2. The number of benzene rings is 2. The Labute approximate surface area is 128 Å². The van der Waals surface area contributed by atoms with Crippen LogP contribution >= 0.6 is 15.9 Å². The number of amides is 1. The van der Waals surface area contributed by atoms with Gasteiger partial charge in [0.15, 0.2) is 0 Å². The van der Waals surface area contributed by atoms with Gasteiger partial charge in [-0.25, -0.2) is 4.98 Å². The van der Waals surface area contributed by atoms with E-state index in [2.05, 4.69) is 26.2 Å². The van der Waals surface area contributed by atoms with Crippen LogP contribution in [0.3, 0.4) is 0 Å². The molecule has 1 heterocycles. The van der Waals surface area contributed by atoms with E-state index in [1.54, 1.807) is 6.07 Å². The number of nitrogens with one attached hydrogen (secondary N) is 1. The van der Waals surface area contributed by atoms with Gasteiger partial charge in [-0.1, -0.05) is 28.1 Å². The van der Waals surface area contributed by atoms with Gasteiger partial charge in [-0.15, -0.1) is 0 Å². The Morgan fingerprint density at radius 3 is 2.67 bits per heavy atom. The summed E-state index contributed by atoms with van der Waals surface area (Å²) in [5, 5.41) is 4.71. The number of halogens is 2. The van der Waals surface area contributed by atoms with Gasteiger partial charge in [0.25, 0.3) is 5.91 Å². The van der Waals surface area contributed by atoms with Gasteiger partial charge in [-0.3, -0.25) is 4.79 Å². The molecule has 3 rings (SSSR count). The molecule has 0 radical (unpaired) electrons. The van der Waals surface area contributed by atoms with Crippen molar-refractivity contribution in [2.24, 2.45) is 0 Å². The third-order valence-corrected chi connectivity index (χ3v) is 3.56. The fourth-order valence-electron chi connectivity index (χ4n) is 2.05. The van der Waals surface area contributed by atoms with Gasteiger partial charge in [0, 0.05) is 16.4 Å². The molecular formula is C16H10BrFN2O. The maximum Gasteiger partial charge on any atom is 0.260 e. The SMILES string of the molecule is O=C(Nc1ccc2cc(Br)ccc2c1)c1cccnc1F. The third kappa shape index (κ3) is 2.92. The van der Waals surface area contributed by atoms with Crippen molar-refractivity contribution in [3.8, 4) is 0 Å². The molecule has 1 aromatic heterocycles. The van der Waals surface area contributed by atoms with Crippen molar-refractivity contribution in [2.45, 2.75) is 0 Å². The quantitative estimate of drug-likeness (QED) is 0.700. The van der Waals surface area contributed by atoms with Gasteiger partial charge in [0.05, 0.1) is 5.56 Å². The fourth-order valence-corrected chi connectivity index (χ4v) is 2.43. The first-order valence-corrected chi connectivity index (χ1v) is 7.04. The van der Waals surface area contributed by atoms with Gasteiger partial charge < -0.3 is 5.32 Å². The van der Waals surface area contributed by atoms with Crippen molar-refractivity contribution < 1.29 is 9.18 Å². The molecule has 0 spiro atoms. The minimum absolute atomic E-state index is 0.0756. The zero-order valence-corrected chi connectivity index (χ0v) is 12.4. The summed E-state index contributed by atoms with van der Waals surface area (Å²) in [6.07, 6.45) is 1.31. The Bertz CT molecular complexity index is 835. The van der Waals surface area contributed by atoms with Crippen molar-refractivity contribution in [1.82, 2.24) is 4.98 Å². The first-order chi connectivity index (χ1) is 10.1. The summed E-state index contributed by atoms with van der Waals surface area (Å²) in [6, 6.07) is 14.3. The number of hydrogen-bond acceptors (Lipinski definition) is 2. The molecule has 3 nitrogen and oxygen atoms in total. The van der Waals surface area contributed by atoms with Gasteiger partial charge in [0.2, 0.25) is 5.95 Å². The van der Waals surface area contributed by atoms with Crippen molar-refractivity contribution >= 4 is 38.3 Å². The summed E-state index contributed by atoms with van der Waals surface area (Å²) in [4.78, 5) is 15.5. The second kappa shape index (κ2) is 5.61. The van der Waals surface area contributed by atoms with Crippen LogP contribution in [0.25, 0.3) is 10.8 Å². The van der Waals surface area contributed by atoms with E-state index in [4.69, 9.17) is 0 Å². The topological polar surface area (TPSA) is 42.0 Å². The largest absolute Gasteiger partial charge is 0.322 e. The normalized spacial score (nSPS) is 10.6. The van der Waals surface area contributed by atoms with Crippen LogP contribution in [0.4, 0.5) is 10.1 Å². The van der Waals surface area contributed by atoms with Gasteiger partial charge in [-0.05, 0) is 47.2 Å². The molecule has 0 aliphatic carbocycles. The molecule has 0 aliphatic heterocycles. The van der Waals surface area contributed by atoms with Crippen LogP contribution < -0.4 is 5.32 Å². The number of nitrogens with zero attached hydrogens (tertiary/aromatic N) is 1. The highest BCUT2D eigenvalue weighted by Gasteiger charge is 2.12. The van der Waals surface area contributed by atoms with E-state index in [9.17, 15) is 9.18 Å². The van der Waals surface area contributed by atoms with Crippen molar-refractivity contribution in [3.63, 3.8) is 0 Å². The summed E-state index contributed by atoms with van der Waals surface area (Å²) in [6.45, 7) is 0. The number of fused-ring (bicyclic) bond motifs is 1. The second-order valence-electron chi connectivity index (χ2n) is 4.50. The minimum atomic E-state index is -0.778. The van der Waals surface area contributed by atoms with Crippen molar-refractivity contribution in [3.05, 3.63) is 70.7 Å². The van der Waals surface area contributed by atoms with Crippen LogP contribution in [0.15, 0.2) is 59.2 Å². The molecule has 0 bridgehead atoms. The first kappa shape index (κ1) is 13.7. The molecule has 0 atom stereocenters. The van der Waals surface area contributed by atoms with E-state index in [-0.39, 0.29) is 5.56 Å². The van der Waals surface area contributed by atoms with Crippen LogP contribution in [0.1, 0.15) is 10.4 Å². The standard InChI is InChI=1S/C16H10BrFN2O/c17-12-5-3-11-9-13(6-4-10(11)8-12)20-16(21)14-2-1-7-19-15(14)18/h1-9H,(H,20,21). The molecular weight excluding hydrogens is 335 g/mol. The highest BCUT2D eigenvalue weighted by Crippen LogP contribution is 2.23. The Kier molecular flexibility index (Phi) is 3.66. The number of carbonyl (C=O) groups excluding carboxylic acids is 1. The molecule has 5 heteroatoms. The lowest BCUT2D eigenvalue weighted by Gasteiger charge is -2.07. The monoisotopic (exact) mass is 344 g/mol. The lowest BCUT2D eigenvalue weighted by molar-refractivity contribution is 0.102. The van der Waals surface area contributed by atoms with Crippen LogP contribution in [0, 0.1) is 5.95 Å². The predicted molar refractivity (Wildman–Crippen MR) is 83.8 cm³/mol. The summed E-state index contributed by atoms with van der Waals surface area (Å²) in [7, 11) is 0. The molecule has 0 saturated carbocycles. The molecule has 3 aromatic rings. The molecule has 2 aromatic carbocycles. The molecule has 0 fully saturated rings. The minimum Gasteiger partial charge on any atom is -0.322 e. The molecule has 0 aliphatic rings. The Morgan fingerprint density at radius 2 is 1.86 bits per heavy atom. The van der Waals surface area contributed by atoms with E-state index >= 15 is 0 Å². The molecule has 0 unspecified atom stereocenters. The molecule has 104 valence electrons. The van der Waals surface area contributed by atoms with Crippen molar-refractivity contribution in [1.29, 1.82) is 0 Å². The maximum atomic E-state index is 13.5. The van der Waals surface area contributed by atoms with E-state index in [0.717, 1.165) is 15.2 Å². The van der Waals surface area contributed by atoms with E-state index in [1.165, 1.54) is 18.3 Å². The molecule has 0 saturated heterocycles. The molecule has 1 N–H and O–H groups in total. The highest BCUT2D eigenvalue weighted by atomic mass is 79.9. The number of anilines is 1. The number of pyridine rings is 1. The van der Waals surface area contributed by atoms with Crippen molar-refractivity contribution in [2.75, 3.05) is 5.32 Å². The average Bonchev–Trinajstić information content (AvgIpc) is 2.48. The summed E-state index contributed by atoms with van der Waals surface area (Å²) in [5.41, 5.74) is 0.534. The van der Waals surface area contributed by atoms with Crippen LogP contribution in [0.5, 0.6) is 0 Å². The van der Waals surface area contributed by atoms with E-state index in [0.29, 0.717) is 5.69 Å². The molecule has 1 amide bonds. The van der Waals surface area contributed by atoms with E-state index < -0.39 is 11.9 Å². The lowest BCUT2D eigenvalue weighted by atomic mass is 10.1. The summed E-state index contributed by atoms with van der Waals surface area (Å²) in [5.74, 6) is -1.29. The Morgan fingerprint density at radius 1 is 1.10 bits per heavy atom. The Balaban J connectivity index is 1.90. The van der Waals surface area contributed by atoms with Crippen LogP contribution in [-0.2, 0) is 0 Å². The Hall–Kier alpha value is -2.27. The van der Waals surface area contributed by atoms with Gasteiger partial charge in [-0.2, -0.15) is 4.39 Å². The van der Waals surface area contributed by atoms with Crippen LogP contribution in [-0.4, -0.2) is 10.9 Å². The van der Waals surface area contributed by atoms with Gasteiger partial charge >= 0.3 is 0 Å². The highest BCUT2D eigenvalue weighted by molar-refractivity contribution is 9.10. The summed E-state index contributed by atoms with van der Waals surface area (Å²) < 4.78 is 14.5. The smallest absolute Gasteiger partial charge is 0.260 e. The fraction of sp³-hybridized carbons (Fsp3) is 0. The average molecular weight is 345 g/mol. The van der Waals surface area contributed by atoms with Gasteiger partial charge in [0.1, 0.15) is 0 Å². The summed E-state index contributed by atoms with van der Waals surface area (Å²) >= 11 is 3.41. The van der Waals surface area contributed by atoms with Crippen LogP contribution in [0.2, 0.25) is 0 Å².